The van der Waals surface area contributed by atoms with E-state index >= 15 is 0 Å². The molecule has 0 aliphatic rings. The quantitative estimate of drug-likeness (QED) is 0.847. The van der Waals surface area contributed by atoms with Crippen molar-refractivity contribution in [3.63, 3.8) is 0 Å². The van der Waals surface area contributed by atoms with Crippen molar-refractivity contribution in [3.8, 4) is 5.75 Å². The van der Waals surface area contributed by atoms with Crippen LogP contribution in [0.2, 0.25) is 0 Å². The third-order valence-corrected chi connectivity index (χ3v) is 3.11. The molecule has 0 fully saturated rings. The Morgan fingerprint density at radius 1 is 0.882 bits per heavy atom. The fourth-order valence-electron chi connectivity index (χ4n) is 1.87. The second-order valence-electron chi connectivity index (χ2n) is 4.16. The lowest BCUT2D eigenvalue weighted by Crippen LogP contribution is -1.94. The van der Waals surface area contributed by atoms with Crippen molar-refractivity contribution in [2.75, 3.05) is 0 Å². The molecular formula is C15H18O2. The zero-order chi connectivity index (χ0) is 11.5. The second kappa shape index (κ2) is 5.51. The third kappa shape index (κ3) is 2.86. The summed E-state index contributed by atoms with van der Waals surface area (Å²) >= 11 is 0. The van der Waals surface area contributed by atoms with E-state index in [0.717, 1.165) is 12.0 Å². The van der Waals surface area contributed by atoms with E-state index in [0.29, 0.717) is 5.75 Å². The molecular weight excluding hydrogens is 212 g/mol. The minimum absolute atomic E-state index is 0. The van der Waals surface area contributed by atoms with E-state index in [9.17, 15) is 5.11 Å². The van der Waals surface area contributed by atoms with Crippen molar-refractivity contribution in [1.82, 2.24) is 0 Å². The fourth-order valence-corrected chi connectivity index (χ4v) is 1.87. The summed E-state index contributed by atoms with van der Waals surface area (Å²) in [5.41, 5.74) is 4.74. The van der Waals surface area contributed by atoms with Crippen LogP contribution in [0.25, 0.3) is 0 Å². The minimum atomic E-state index is 0. The van der Waals surface area contributed by atoms with E-state index in [4.69, 9.17) is 0 Å². The molecule has 0 atom stereocenters. The summed E-state index contributed by atoms with van der Waals surface area (Å²) in [6.45, 7) is 4.02. The molecule has 90 valence electrons. The van der Waals surface area contributed by atoms with Gasteiger partial charge in [0.25, 0.3) is 0 Å². The van der Waals surface area contributed by atoms with Crippen molar-refractivity contribution in [1.29, 1.82) is 0 Å². The number of phenols is 1. The lowest BCUT2D eigenvalue weighted by Gasteiger charge is -2.10. The van der Waals surface area contributed by atoms with Crippen molar-refractivity contribution in [3.05, 3.63) is 64.7 Å². The summed E-state index contributed by atoms with van der Waals surface area (Å²) in [7, 11) is 0. The molecule has 0 spiro atoms. The molecule has 2 rings (SSSR count). The molecule has 0 amide bonds. The first-order chi connectivity index (χ1) is 7.68. The molecule has 2 aromatic rings. The van der Waals surface area contributed by atoms with Gasteiger partial charge in [0, 0.05) is 0 Å². The van der Waals surface area contributed by atoms with Crippen molar-refractivity contribution < 1.29 is 10.6 Å². The van der Waals surface area contributed by atoms with Gasteiger partial charge in [-0.3, -0.25) is 0 Å². The van der Waals surface area contributed by atoms with Gasteiger partial charge in [0.2, 0.25) is 0 Å². The maximum atomic E-state index is 9.59. The smallest absolute Gasteiger partial charge is 0.118 e. The Labute approximate surface area is 102 Å². The Bertz CT molecular complexity index is 490. The summed E-state index contributed by atoms with van der Waals surface area (Å²) in [6.07, 6.45) is 0.924. The molecule has 2 nitrogen and oxygen atoms in total. The summed E-state index contributed by atoms with van der Waals surface area (Å²) < 4.78 is 0. The van der Waals surface area contributed by atoms with Gasteiger partial charge >= 0.3 is 0 Å². The minimum Gasteiger partial charge on any atom is -0.508 e. The van der Waals surface area contributed by atoms with Gasteiger partial charge in [0.1, 0.15) is 5.75 Å². The number of hydrogen-bond acceptors (Lipinski definition) is 1. The number of aromatic hydroxyl groups is 1. The van der Waals surface area contributed by atoms with Crippen LogP contribution in [0, 0.1) is 13.8 Å². The van der Waals surface area contributed by atoms with Gasteiger partial charge in [-0.1, -0.05) is 36.4 Å². The zero-order valence-electron chi connectivity index (χ0n) is 10.2. The van der Waals surface area contributed by atoms with Crippen molar-refractivity contribution in [2.24, 2.45) is 0 Å². The van der Waals surface area contributed by atoms with Gasteiger partial charge in [0.15, 0.2) is 0 Å². The molecule has 3 N–H and O–H groups in total. The molecule has 0 aromatic heterocycles. The molecule has 0 aliphatic heterocycles. The van der Waals surface area contributed by atoms with Gasteiger partial charge < -0.3 is 10.6 Å². The Balaban J connectivity index is 0.00000144. The highest BCUT2D eigenvalue weighted by atomic mass is 16.3. The molecule has 0 aliphatic carbocycles. The highest BCUT2D eigenvalue weighted by Gasteiger charge is 2.05. The summed E-state index contributed by atoms with van der Waals surface area (Å²) in [5, 5.41) is 9.59. The number of phenolic OH excluding ortho intramolecular Hbond substituents is 1. The average Bonchev–Trinajstić information content (AvgIpc) is 2.31. The zero-order valence-corrected chi connectivity index (χ0v) is 10.2. The summed E-state index contributed by atoms with van der Waals surface area (Å²) in [4.78, 5) is 0. The van der Waals surface area contributed by atoms with Crippen LogP contribution in [-0.2, 0) is 6.42 Å². The molecule has 0 bridgehead atoms. The fraction of sp³-hybridized carbons (Fsp3) is 0.200. The molecule has 2 aromatic carbocycles. The van der Waals surface area contributed by atoms with Gasteiger partial charge in [0.05, 0.1) is 0 Å². The van der Waals surface area contributed by atoms with E-state index < -0.39 is 0 Å². The van der Waals surface area contributed by atoms with E-state index in [1.54, 1.807) is 6.07 Å². The summed E-state index contributed by atoms with van der Waals surface area (Å²) in [6, 6.07) is 14.2. The molecule has 0 saturated carbocycles. The molecule has 0 radical (unpaired) electrons. The average molecular weight is 230 g/mol. The number of hydrogen-bond donors (Lipinski definition) is 1. The van der Waals surface area contributed by atoms with Crippen LogP contribution in [0.1, 0.15) is 22.3 Å². The number of benzene rings is 2. The van der Waals surface area contributed by atoms with Crippen LogP contribution in [0.4, 0.5) is 0 Å². The standard InChI is InChI=1S/C15H16O.H2O/c1-11-12(2)15(16)9-8-14(11)10-13-6-4-3-5-7-13;/h3-9,16H,10H2,1-2H3;1H2. The maximum absolute atomic E-state index is 9.59. The maximum Gasteiger partial charge on any atom is 0.118 e. The van der Waals surface area contributed by atoms with Crippen LogP contribution in [0.5, 0.6) is 5.75 Å². The molecule has 0 heterocycles. The number of rotatable bonds is 2. The van der Waals surface area contributed by atoms with Crippen LogP contribution in [0.3, 0.4) is 0 Å². The Kier molecular flexibility index (Phi) is 4.30. The lowest BCUT2D eigenvalue weighted by molar-refractivity contribution is 0.470. The molecule has 0 saturated heterocycles. The lowest BCUT2D eigenvalue weighted by atomic mass is 9.97. The van der Waals surface area contributed by atoms with Crippen LogP contribution in [0.15, 0.2) is 42.5 Å². The largest absolute Gasteiger partial charge is 0.508 e. The first-order valence-corrected chi connectivity index (χ1v) is 5.50. The van der Waals surface area contributed by atoms with Crippen molar-refractivity contribution in [2.45, 2.75) is 20.3 Å². The van der Waals surface area contributed by atoms with Crippen LogP contribution < -0.4 is 0 Å². The van der Waals surface area contributed by atoms with Crippen LogP contribution in [-0.4, -0.2) is 10.6 Å². The first-order valence-electron chi connectivity index (χ1n) is 5.50. The molecule has 0 unspecified atom stereocenters. The molecule has 2 heteroatoms. The Morgan fingerprint density at radius 2 is 1.53 bits per heavy atom. The summed E-state index contributed by atoms with van der Waals surface area (Å²) in [5.74, 6) is 0.384. The third-order valence-electron chi connectivity index (χ3n) is 3.11. The Morgan fingerprint density at radius 3 is 2.18 bits per heavy atom. The van der Waals surface area contributed by atoms with E-state index in [1.165, 1.54) is 16.7 Å². The normalized spacial score (nSPS) is 9.76. The SMILES string of the molecule is Cc1c(O)ccc(Cc2ccccc2)c1C.O. The van der Waals surface area contributed by atoms with E-state index in [2.05, 4.69) is 31.2 Å². The second-order valence-corrected chi connectivity index (χ2v) is 4.16. The van der Waals surface area contributed by atoms with Gasteiger partial charge in [-0.15, -0.1) is 0 Å². The van der Waals surface area contributed by atoms with Crippen molar-refractivity contribution >= 4 is 0 Å². The van der Waals surface area contributed by atoms with Crippen LogP contribution >= 0.6 is 0 Å². The molecule has 17 heavy (non-hydrogen) atoms. The highest BCUT2D eigenvalue weighted by Crippen LogP contribution is 2.24. The monoisotopic (exact) mass is 230 g/mol. The van der Waals surface area contributed by atoms with E-state index in [1.807, 2.05) is 19.1 Å². The first kappa shape index (κ1) is 13.3. The topological polar surface area (TPSA) is 51.7 Å². The predicted octanol–water partition coefficient (Wildman–Crippen LogP) is 2.78. The predicted molar refractivity (Wildman–Crippen MR) is 70.4 cm³/mol. The van der Waals surface area contributed by atoms with E-state index in [-0.39, 0.29) is 5.48 Å². The Hall–Kier alpha value is -1.80. The van der Waals surface area contributed by atoms with Gasteiger partial charge in [-0.25, -0.2) is 0 Å². The highest BCUT2D eigenvalue weighted by molar-refractivity contribution is 5.44. The van der Waals surface area contributed by atoms with Gasteiger partial charge in [-0.05, 0) is 48.6 Å². The van der Waals surface area contributed by atoms with Gasteiger partial charge in [-0.2, -0.15) is 0 Å².